The average Bonchev–Trinajstić information content (AvgIpc) is 2.95. The molecule has 1 aromatic carbocycles. The molecule has 138 valence electrons. The Hall–Kier alpha value is -1.14. The fourth-order valence-corrected chi connectivity index (χ4v) is 4.08. The number of aryl methyl sites for hydroxylation is 1. The lowest BCUT2D eigenvalue weighted by Crippen LogP contribution is -2.43. The molecule has 25 heavy (non-hydrogen) atoms. The number of carbonyl (C=O) groups excluding carboxylic acids is 1. The van der Waals surface area contributed by atoms with Crippen LogP contribution in [-0.4, -0.2) is 42.0 Å². The summed E-state index contributed by atoms with van der Waals surface area (Å²) in [5.41, 5.74) is 2.09. The Bertz CT molecular complexity index is 670. The van der Waals surface area contributed by atoms with Gasteiger partial charge in [0.25, 0.3) is 5.91 Å². The number of thiazole rings is 1. The maximum absolute atomic E-state index is 12.8. The Labute approximate surface area is 165 Å². The number of hydrogen-bond acceptors (Lipinski definition) is 4. The highest BCUT2D eigenvalue weighted by Crippen LogP contribution is 2.24. The third-order valence-corrected chi connectivity index (χ3v) is 5.57. The van der Waals surface area contributed by atoms with Crippen LogP contribution in [0.25, 0.3) is 0 Å². The molecular formula is C18H25Cl2N3OS. The van der Waals surface area contributed by atoms with Gasteiger partial charge < -0.3 is 10.2 Å². The number of carbonyl (C=O) groups is 1. The molecule has 0 atom stereocenters. The zero-order valence-corrected chi connectivity index (χ0v) is 17.0. The molecule has 1 aromatic heterocycles. The van der Waals surface area contributed by atoms with E-state index < -0.39 is 0 Å². The molecule has 2 heterocycles. The van der Waals surface area contributed by atoms with Gasteiger partial charge in [0.15, 0.2) is 0 Å². The second kappa shape index (κ2) is 10.1. The van der Waals surface area contributed by atoms with Crippen LogP contribution in [0.4, 0.5) is 0 Å². The number of rotatable bonds is 4. The molecule has 0 aliphatic carbocycles. The number of halogens is 2. The quantitative estimate of drug-likeness (QED) is 0.848. The van der Waals surface area contributed by atoms with Crippen molar-refractivity contribution < 1.29 is 4.79 Å². The third-order valence-electron chi connectivity index (χ3n) is 4.42. The van der Waals surface area contributed by atoms with Crippen molar-refractivity contribution in [3.8, 4) is 0 Å². The SMILES string of the molecule is CNC1CCN(C(=O)c2sc(Cc3ccccc3)nc2C)CC1.Cl.Cl. The summed E-state index contributed by atoms with van der Waals surface area (Å²) in [7, 11) is 1.99. The number of nitrogens with zero attached hydrogens (tertiary/aromatic N) is 2. The molecule has 1 saturated heterocycles. The van der Waals surface area contributed by atoms with E-state index in [-0.39, 0.29) is 30.7 Å². The minimum atomic E-state index is 0. The van der Waals surface area contributed by atoms with Crippen molar-refractivity contribution in [1.29, 1.82) is 0 Å². The van der Waals surface area contributed by atoms with Gasteiger partial charge in [0, 0.05) is 25.6 Å². The van der Waals surface area contributed by atoms with Crippen LogP contribution in [0, 0.1) is 6.92 Å². The number of hydrogen-bond donors (Lipinski definition) is 1. The van der Waals surface area contributed by atoms with Gasteiger partial charge in [0.2, 0.25) is 0 Å². The molecule has 0 saturated carbocycles. The second-order valence-electron chi connectivity index (χ2n) is 6.04. The first-order valence-electron chi connectivity index (χ1n) is 8.14. The number of aromatic nitrogens is 1. The van der Waals surface area contributed by atoms with Crippen molar-refractivity contribution in [2.45, 2.75) is 32.2 Å². The number of nitrogens with one attached hydrogen (secondary N) is 1. The average molecular weight is 402 g/mol. The summed E-state index contributed by atoms with van der Waals surface area (Å²) in [5, 5.41) is 4.31. The van der Waals surface area contributed by atoms with Crippen LogP contribution in [-0.2, 0) is 6.42 Å². The minimum absolute atomic E-state index is 0. The first kappa shape index (κ1) is 21.9. The maximum Gasteiger partial charge on any atom is 0.265 e. The van der Waals surface area contributed by atoms with Crippen LogP contribution in [0.15, 0.2) is 30.3 Å². The van der Waals surface area contributed by atoms with Crippen LogP contribution in [0.1, 0.15) is 38.8 Å². The molecule has 2 aromatic rings. The van der Waals surface area contributed by atoms with Gasteiger partial charge in [0.05, 0.1) is 10.7 Å². The highest BCUT2D eigenvalue weighted by molar-refractivity contribution is 7.13. The normalized spacial score (nSPS) is 14.6. The highest BCUT2D eigenvalue weighted by atomic mass is 35.5. The van der Waals surface area contributed by atoms with Gasteiger partial charge >= 0.3 is 0 Å². The predicted octanol–water partition coefficient (Wildman–Crippen LogP) is 3.71. The van der Waals surface area contributed by atoms with Crippen LogP contribution in [0.2, 0.25) is 0 Å². The predicted molar refractivity (Wildman–Crippen MR) is 109 cm³/mol. The number of piperidine rings is 1. The molecule has 4 nitrogen and oxygen atoms in total. The topological polar surface area (TPSA) is 45.2 Å². The summed E-state index contributed by atoms with van der Waals surface area (Å²) in [5.74, 6) is 0.147. The van der Waals surface area contributed by atoms with E-state index >= 15 is 0 Å². The first-order valence-corrected chi connectivity index (χ1v) is 8.96. The van der Waals surface area contributed by atoms with Crippen LogP contribution < -0.4 is 5.32 Å². The third kappa shape index (κ3) is 5.42. The van der Waals surface area contributed by atoms with Gasteiger partial charge in [0.1, 0.15) is 4.88 Å². The van der Waals surface area contributed by atoms with E-state index in [1.807, 2.05) is 37.1 Å². The van der Waals surface area contributed by atoms with Gasteiger partial charge in [-0.2, -0.15) is 0 Å². The molecule has 1 aliphatic heterocycles. The summed E-state index contributed by atoms with van der Waals surface area (Å²) >= 11 is 1.54. The van der Waals surface area contributed by atoms with Crippen molar-refractivity contribution in [1.82, 2.24) is 15.2 Å². The molecule has 1 aliphatic rings. The fraction of sp³-hybridized carbons (Fsp3) is 0.444. The summed E-state index contributed by atoms with van der Waals surface area (Å²) in [6, 6.07) is 10.8. The van der Waals surface area contributed by atoms with E-state index in [1.165, 1.54) is 5.56 Å². The van der Waals surface area contributed by atoms with E-state index in [0.717, 1.165) is 47.9 Å². The maximum atomic E-state index is 12.8. The highest BCUT2D eigenvalue weighted by Gasteiger charge is 2.25. The lowest BCUT2D eigenvalue weighted by molar-refractivity contribution is 0.0711. The smallest absolute Gasteiger partial charge is 0.265 e. The fourth-order valence-electron chi connectivity index (χ4n) is 3.01. The molecule has 1 fully saturated rings. The molecule has 3 rings (SSSR count). The lowest BCUT2D eigenvalue weighted by atomic mass is 10.1. The van der Waals surface area contributed by atoms with E-state index in [2.05, 4.69) is 22.4 Å². The summed E-state index contributed by atoms with van der Waals surface area (Å²) in [6.45, 7) is 3.60. The van der Waals surface area contributed by atoms with Crippen molar-refractivity contribution in [2.75, 3.05) is 20.1 Å². The number of likely N-dealkylation sites (tertiary alicyclic amines) is 1. The largest absolute Gasteiger partial charge is 0.338 e. The van der Waals surface area contributed by atoms with Crippen molar-refractivity contribution in [3.63, 3.8) is 0 Å². The first-order chi connectivity index (χ1) is 11.2. The number of amides is 1. The van der Waals surface area contributed by atoms with Crippen LogP contribution in [0.3, 0.4) is 0 Å². The van der Waals surface area contributed by atoms with Gasteiger partial charge in [-0.3, -0.25) is 4.79 Å². The zero-order chi connectivity index (χ0) is 16.2. The molecule has 7 heteroatoms. The Morgan fingerprint density at radius 3 is 2.48 bits per heavy atom. The monoisotopic (exact) mass is 401 g/mol. The van der Waals surface area contributed by atoms with E-state index in [0.29, 0.717) is 6.04 Å². The summed E-state index contributed by atoms with van der Waals surface area (Å²) < 4.78 is 0. The molecule has 0 bridgehead atoms. The lowest BCUT2D eigenvalue weighted by Gasteiger charge is -2.31. The van der Waals surface area contributed by atoms with Crippen molar-refractivity contribution in [2.24, 2.45) is 0 Å². The van der Waals surface area contributed by atoms with Crippen molar-refractivity contribution >= 4 is 42.1 Å². The molecule has 1 amide bonds. The second-order valence-corrected chi connectivity index (χ2v) is 7.12. The number of benzene rings is 1. The molecular weight excluding hydrogens is 377 g/mol. The Morgan fingerprint density at radius 1 is 1.24 bits per heavy atom. The van der Waals surface area contributed by atoms with Crippen molar-refractivity contribution in [3.05, 3.63) is 51.5 Å². The molecule has 1 N–H and O–H groups in total. The summed E-state index contributed by atoms with van der Waals surface area (Å²) in [4.78, 5) is 20.1. The van der Waals surface area contributed by atoms with Gasteiger partial charge in [-0.15, -0.1) is 36.2 Å². The molecule has 0 radical (unpaired) electrons. The van der Waals surface area contributed by atoms with E-state index in [9.17, 15) is 4.79 Å². The van der Waals surface area contributed by atoms with E-state index in [1.54, 1.807) is 11.3 Å². The van der Waals surface area contributed by atoms with Gasteiger partial charge in [-0.25, -0.2) is 4.98 Å². The molecule has 0 spiro atoms. The van der Waals surface area contributed by atoms with Crippen LogP contribution >= 0.6 is 36.2 Å². The minimum Gasteiger partial charge on any atom is -0.338 e. The van der Waals surface area contributed by atoms with Gasteiger partial charge in [-0.05, 0) is 32.4 Å². The summed E-state index contributed by atoms with van der Waals surface area (Å²) in [6.07, 6.45) is 2.84. The Morgan fingerprint density at radius 2 is 1.88 bits per heavy atom. The standard InChI is InChI=1S/C18H23N3OS.2ClH/c1-13-17(18(22)21-10-8-15(19-2)9-11-21)23-16(20-13)12-14-6-4-3-5-7-14;;/h3-7,15,19H,8-12H2,1-2H3;2*1H. The molecule has 0 unspecified atom stereocenters. The van der Waals surface area contributed by atoms with Crippen LogP contribution in [0.5, 0.6) is 0 Å². The zero-order valence-electron chi connectivity index (χ0n) is 14.5. The van der Waals surface area contributed by atoms with Gasteiger partial charge in [-0.1, -0.05) is 30.3 Å². The van der Waals surface area contributed by atoms with E-state index in [4.69, 9.17) is 0 Å². The Balaban J connectivity index is 0.00000156. The Kier molecular flexibility index (Phi) is 8.86.